The van der Waals surface area contributed by atoms with Crippen LogP contribution in [-0.4, -0.2) is 22.2 Å². The molecule has 4 rings (SSSR count). The Morgan fingerprint density at radius 1 is 1.15 bits per heavy atom. The van der Waals surface area contributed by atoms with Crippen LogP contribution in [0.3, 0.4) is 0 Å². The summed E-state index contributed by atoms with van der Waals surface area (Å²) in [5.74, 6) is -0.106. The molecular weight excluding hydrogens is 355 g/mol. The molecule has 0 aliphatic heterocycles. The van der Waals surface area contributed by atoms with E-state index < -0.39 is 11.9 Å². The maximum absolute atomic E-state index is 12.9. The van der Waals surface area contributed by atoms with Gasteiger partial charge in [0.25, 0.3) is 5.91 Å². The SMILES string of the molecule is O=C(NCCn1nc(C(F)(F)F)cc1C1CC1)c1cccc2ccccc12. The smallest absolute Gasteiger partial charge is 0.350 e. The molecule has 0 spiro atoms. The summed E-state index contributed by atoms with van der Waals surface area (Å²) in [4.78, 5) is 12.5. The Kier molecular flexibility index (Phi) is 4.37. The third-order valence-electron chi connectivity index (χ3n) is 4.74. The van der Waals surface area contributed by atoms with E-state index in [0.29, 0.717) is 11.3 Å². The molecule has 0 saturated heterocycles. The number of aromatic nitrogens is 2. The highest BCUT2D eigenvalue weighted by Gasteiger charge is 2.37. The number of fused-ring (bicyclic) bond motifs is 1. The van der Waals surface area contributed by atoms with E-state index in [2.05, 4.69) is 10.4 Å². The van der Waals surface area contributed by atoms with E-state index in [1.165, 1.54) is 4.68 Å². The minimum atomic E-state index is -4.46. The number of hydrogen-bond donors (Lipinski definition) is 1. The monoisotopic (exact) mass is 373 g/mol. The lowest BCUT2D eigenvalue weighted by Gasteiger charge is -2.10. The molecule has 1 heterocycles. The van der Waals surface area contributed by atoms with E-state index in [9.17, 15) is 18.0 Å². The Bertz CT molecular complexity index is 984. The summed E-state index contributed by atoms with van der Waals surface area (Å²) in [5.41, 5.74) is 0.276. The van der Waals surface area contributed by atoms with Crippen molar-refractivity contribution in [1.29, 1.82) is 0 Å². The topological polar surface area (TPSA) is 46.9 Å². The van der Waals surface area contributed by atoms with Gasteiger partial charge in [-0.25, -0.2) is 0 Å². The van der Waals surface area contributed by atoms with Gasteiger partial charge in [0.15, 0.2) is 5.69 Å². The first kappa shape index (κ1) is 17.6. The Hall–Kier alpha value is -2.83. The molecule has 1 aliphatic carbocycles. The predicted molar refractivity (Wildman–Crippen MR) is 95.5 cm³/mol. The van der Waals surface area contributed by atoms with Crippen LogP contribution in [0, 0.1) is 0 Å². The predicted octanol–water partition coefficient (Wildman–Crippen LogP) is 4.36. The lowest BCUT2D eigenvalue weighted by Crippen LogP contribution is -2.28. The molecule has 0 atom stereocenters. The normalized spacial score (nSPS) is 14.5. The lowest BCUT2D eigenvalue weighted by atomic mass is 10.0. The number of alkyl halides is 3. The molecule has 1 aromatic heterocycles. The number of nitrogens with one attached hydrogen (secondary N) is 1. The number of hydrogen-bond acceptors (Lipinski definition) is 2. The highest BCUT2D eigenvalue weighted by Crippen LogP contribution is 2.42. The van der Waals surface area contributed by atoms with Gasteiger partial charge in [-0.1, -0.05) is 36.4 Å². The van der Waals surface area contributed by atoms with E-state index in [1.54, 1.807) is 6.07 Å². The molecule has 3 aromatic rings. The number of benzene rings is 2. The molecular formula is C20H18F3N3O. The van der Waals surface area contributed by atoms with Crippen molar-refractivity contribution in [3.63, 3.8) is 0 Å². The quantitative estimate of drug-likeness (QED) is 0.722. The molecule has 0 bridgehead atoms. The van der Waals surface area contributed by atoms with Crippen molar-refractivity contribution >= 4 is 16.7 Å². The standard InChI is InChI=1S/C20H18F3N3O/c21-20(22,23)18-12-17(14-8-9-14)26(25-18)11-10-24-19(27)16-7-3-5-13-4-1-2-6-15(13)16/h1-7,12,14H,8-11H2,(H,24,27). The van der Waals surface area contributed by atoms with Crippen molar-refractivity contribution in [3.8, 4) is 0 Å². The molecule has 1 fully saturated rings. The minimum Gasteiger partial charge on any atom is -0.350 e. The molecule has 1 aliphatic rings. The van der Waals surface area contributed by atoms with Gasteiger partial charge in [-0.3, -0.25) is 9.48 Å². The fourth-order valence-corrected chi connectivity index (χ4v) is 3.25. The van der Waals surface area contributed by atoms with Gasteiger partial charge in [-0.15, -0.1) is 0 Å². The Labute approximate surface area is 154 Å². The summed E-state index contributed by atoms with van der Waals surface area (Å²) in [6.07, 6.45) is -2.70. The minimum absolute atomic E-state index is 0.141. The van der Waals surface area contributed by atoms with Gasteiger partial charge in [0.05, 0.1) is 6.54 Å². The number of nitrogens with zero attached hydrogens (tertiary/aromatic N) is 2. The molecule has 1 saturated carbocycles. The zero-order valence-electron chi connectivity index (χ0n) is 14.5. The fraction of sp³-hybridized carbons (Fsp3) is 0.300. The Morgan fingerprint density at radius 3 is 2.63 bits per heavy atom. The van der Waals surface area contributed by atoms with E-state index >= 15 is 0 Å². The zero-order chi connectivity index (χ0) is 19.0. The number of carbonyl (C=O) groups is 1. The maximum atomic E-state index is 12.9. The van der Waals surface area contributed by atoms with Crippen molar-refractivity contribution < 1.29 is 18.0 Å². The van der Waals surface area contributed by atoms with Gasteiger partial charge in [0.2, 0.25) is 0 Å². The zero-order valence-corrected chi connectivity index (χ0v) is 14.5. The van der Waals surface area contributed by atoms with Crippen molar-refractivity contribution in [2.45, 2.75) is 31.5 Å². The van der Waals surface area contributed by atoms with Gasteiger partial charge < -0.3 is 5.32 Å². The average Bonchev–Trinajstić information content (AvgIpc) is 3.39. The van der Waals surface area contributed by atoms with Crippen molar-refractivity contribution in [2.75, 3.05) is 6.54 Å². The second-order valence-electron chi connectivity index (χ2n) is 6.73. The van der Waals surface area contributed by atoms with Gasteiger partial charge >= 0.3 is 6.18 Å². The maximum Gasteiger partial charge on any atom is 0.435 e. The summed E-state index contributed by atoms with van der Waals surface area (Å²) in [5, 5.41) is 8.30. The van der Waals surface area contributed by atoms with Gasteiger partial charge in [0.1, 0.15) is 0 Å². The van der Waals surface area contributed by atoms with Crippen LogP contribution >= 0.6 is 0 Å². The average molecular weight is 373 g/mol. The third-order valence-corrected chi connectivity index (χ3v) is 4.74. The Balaban J connectivity index is 1.47. The molecule has 0 unspecified atom stereocenters. The van der Waals surface area contributed by atoms with Crippen molar-refractivity contribution in [3.05, 3.63) is 65.5 Å². The van der Waals surface area contributed by atoms with E-state index in [-0.39, 0.29) is 24.9 Å². The van der Waals surface area contributed by atoms with Crippen LogP contribution < -0.4 is 5.32 Å². The number of halogens is 3. The number of amides is 1. The Morgan fingerprint density at radius 2 is 1.89 bits per heavy atom. The van der Waals surface area contributed by atoms with Gasteiger partial charge in [0, 0.05) is 23.7 Å². The molecule has 7 heteroatoms. The number of rotatable bonds is 5. The van der Waals surface area contributed by atoms with Crippen LogP contribution in [-0.2, 0) is 12.7 Å². The van der Waals surface area contributed by atoms with Crippen LogP contribution in [0.2, 0.25) is 0 Å². The summed E-state index contributed by atoms with van der Waals surface area (Å²) < 4.78 is 40.2. The highest BCUT2D eigenvalue weighted by atomic mass is 19.4. The second kappa shape index (κ2) is 6.72. The van der Waals surface area contributed by atoms with Crippen molar-refractivity contribution in [2.24, 2.45) is 0 Å². The molecule has 1 amide bonds. The molecule has 2 aromatic carbocycles. The molecule has 4 nitrogen and oxygen atoms in total. The van der Waals surface area contributed by atoms with E-state index in [0.717, 1.165) is 29.7 Å². The largest absolute Gasteiger partial charge is 0.435 e. The van der Waals surface area contributed by atoms with Crippen LogP contribution in [0.1, 0.15) is 40.5 Å². The molecule has 140 valence electrons. The van der Waals surface area contributed by atoms with Crippen LogP contribution in [0.15, 0.2) is 48.5 Å². The van der Waals surface area contributed by atoms with Crippen molar-refractivity contribution in [1.82, 2.24) is 15.1 Å². The van der Waals surface area contributed by atoms with Crippen LogP contribution in [0.5, 0.6) is 0 Å². The fourth-order valence-electron chi connectivity index (χ4n) is 3.25. The van der Waals surface area contributed by atoms with E-state index in [4.69, 9.17) is 0 Å². The molecule has 1 N–H and O–H groups in total. The first-order chi connectivity index (χ1) is 12.9. The lowest BCUT2D eigenvalue weighted by molar-refractivity contribution is -0.141. The van der Waals surface area contributed by atoms with Gasteiger partial charge in [-0.05, 0) is 35.7 Å². The molecule has 27 heavy (non-hydrogen) atoms. The molecule has 0 radical (unpaired) electrons. The van der Waals surface area contributed by atoms with Gasteiger partial charge in [-0.2, -0.15) is 18.3 Å². The summed E-state index contributed by atoms with van der Waals surface area (Å²) >= 11 is 0. The third kappa shape index (κ3) is 3.67. The van der Waals surface area contributed by atoms with Crippen LogP contribution in [0.25, 0.3) is 10.8 Å². The summed E-state index contributed by atoms with van der Waals surface area (Å²) in [7, 11) is 0. The second-order valence-corrected chi connectivity index (χ2v) is 6.73. The first-order valence-corrected chi connectivity index (χ1v) is 8.84. The number of carbonyl (C=O) groups excluding carboxylic acids is 1. The van der Waals surface area contributed by atoms with Crippen LogP contribution in [0.4, 0.5) is 13.2 Å². The first-order valence-electron chi connectivity index (χ1n) is 8.84. The van der Waals surface area contributed by atoms with E-state index in [1.807, 2.05) is 36.4 Å². The summed E-state index contributed by atoms with van der Waals surface area (Å²) in [6, 6.07) is 14.2. The summed E-state index contributed by atoms with van der Waals surface area (Å²) in [6.45, 7) is 0.416. The highest BCUT2D eigenvalue weighted by molar-refractivity contribution is 6.06.